The second-order valence-corrected chi connectivity index (χ2v) is 5.37. The number of nitrogens with zero attached hydrogens (tertiary/aromatic N) is 4. The number of urea groups is 1. The highest BCUT2D eigenvalue weighted by atomic mass is 16.2. The van der Waals surface area contributed by atoms with Gasteiger partial charge in [-0.15, -0.1) is 0 Å². The molecule has 1 heterocycles. The van der Waals surface area contributed by atoms with Crippen LogP contribution in [0.25, 0.3) is 0 Å². The van der Waals surface area contributed by atoms with E-state index in [4.69, 9.17) is 0 Å². The predicted molar refractivity (Wildman–Crippen MR) is 79.5 cm³/mol. The first-order valence-electron chi connectivity index (χ1n) is 7.49. The summed E-state index contributed by atoms with van der Waals surface area (Å²) in [6.45, 7) is 12.2. The van der Waals surface area contributed by atoms with E-state index in [1.54, 1.807) is 0 Å². The van der Waals surface area contributed by atoms with Gasteiger partial charge in [0.1, 0.15) is 0 Å². The summed E-state index contributed by atoms with van der Waals surface area (Å²) in [4.78, 5) is 20.6. The number of hydrogen-bond donors (Lipinski definition) is 0. The van der Waals surface area contributed by atoms with Crippen molar-refractivity contribution in [2.45, 2.75) is 20.3 Å². The molecule has 112 valence electrons. The Morgan fingerprint density at radius 3 is 2.21 bits per heavy atom. The van der Waals surface area contributed by atoms with Crippen LogP contribution in [0.2, 0.25) is 0 Å². The summed E-state index contributed by atoms with van der Waals surface area (Å²) in [5, 5.41) is 0. The van der Waals surface area contributed by atoms with E-state index >= 15 is 0 Å². The molecule has 0 bridgehead atoms. The molecule has 1 saturated heterocycles. The maximum Gasteiger partial charge on any atom is 0.319 e. The molecule has 1 aliphatic heterocycles. The fraction of sp³-hybridized carbons (Fsp3) is 0.929. The van der Waals surface area contributed by atoms with Gasteiger partial charge >= 0.3 is 6.03 Å². The van der Waals surface area contributed by atoms with E-state index < -0.39 is 0 Å². The van der Waals surface area contributed by atoms with E-state index in [1.807, 2.05) is 30.7 Å². The van der Waals surface area contributed by atoms with Crippen molar-refractivity contribution in [1.29, 1.82) is 0 Å². The average molecular weight is 270 g/mol. The lowest BCUT2D eigenvalue weighted by Gasteiger charge is -2.33. The fourth-order valence-corrected chi connectivity index (χ4v) is 2.43. The molecule has 0 N–H and O–H groups in total. The summed E-state index contributed by atoms with van der Waals surface area (Å²) in [7, 11) is 4.08. The zero-order chi connectivity index (χ0) is 14.3. The summed E-state index contributed by atoms with van der Waals surface area (Å²) in [5.41, 5.74) is 0. The van der Waals surface area contributed by atoms with Crippen LogP contribution in [-0.4, -0.2) is 92.1 Å². The van der Waals surface area contributed by atoms with Crippen LogP contribution < -0.4 is 0 Å². The maximum absolute atomic E-state index is 12.1. The second-order valence-electron chi connectivity index (χ2n) is 5.37. The van der Waals surface area contributed by atoms with E-state index in [-0.39, 0.29) is 6.03 Å². The van der Waals surface area contributed by atoms with E-state index in [2.05, 4.69) is 16.8 Å². The highest BCUT2D eigenvalue weighted by Crippen LogP contribution is 2.02. The number of carbonyl (C=O) groups is 1. The summed E-state index contributed by atoms with van der Waals surface area (Å²) in [6, 6.07) is 0.156. The minimum absolute atomic E-state index is 0.156. The third-order valence-corrected chi connectivity index (χ3v) is 3.92. The Kier molecular flexibility index (Phi) is 7.16. The Balaban J connectivity index is 2.19. The molecule has 5 heteroatoms. The lowest BCUT2D eigenvalue weighted by atomic mass is 10.3. The molecular formula is C14H30N4O. The minimum atomic E-state index is 0.156. The average Bonchev–Trinajstić information content (AvgIpc) is 2.42. The van der Waals surface area contributed by atoms with Crippen LogP contribution in [-0.2, 0) is 0 Å². The van der Waals surface area contributed by atoms with Gasteiger partial charge in [-0.05, 0) is 33.9 Å². The number of carbonyl (C=O) groups excluding carboxylic acids is 1. The lowest BCUT2D eigenvalue weighted by molar-refractivity contribution is 0.143. The topological polar surface area (TPSA) is 30.0 Å². The first-order valence-corrected chi connectivity index (χ1v) is 7.49. The van der Waals surface area contributed by atoms with Crippen LogP contribution in [0.15, 0.2) is 0 Å². The predicted octanol–water partition coefficient (Wildman–Crippen LogP) is 1.02. The summed E-state index contributed by atoms with van der Waals surface area (Å²) in [5.74, 6) is 0. The van der Waals surface area contributed by atoms with Crippen molar-refractivity contribution in [2.24, 2.45) is 0 Å². The molecule has 0 aromatic heterocycles. The van der Waals surface area contributed by atoms with Crippen molar-refractivity contribution in [3.8, 4) is 0 Å². The van der Waals surface area contributed by atoms with Gasteiger partial charge in [0.05, 0.1) is 0 Å². The Hall–Kier alpha value is -0.810. The summed E-state index contributed by atoms with van der Waals surface area (Å²) >= 11 is 0. The molecule has 0 aromatic carbocycles. The molecule has 2 amide bonds. The van der Waals surface area contributed by atoms with Gasteiger partial charge in [-0.25, -0.2) is 4.79 Å². The van der Waals surface area contributed by atoms with Gasteiger partial charge in [-0.3, -0.25) is 0 Å². The van der Waals surface area contributed by atoms with Gasteiger partial charge in [0.15, 0.2) is 0 Å². The molecule has 1 fully saturated rings. The van der Waals surface area contributed by atoms with Gasteiger partial charge in [-0.2, -0.15) is 0 Å². The SMILES string of the molecule is CCN(CC)C(=O)N(C)CCCN1CCN(C)CC1. The first-order chi connectivity index (χ1) is 9.08. The number of hydrogen-bond acceptors (Lipinski definition) is 3. The molecule has 1 rings (SSSR count). The number of rotatable bonds is 6. The standard InChI is InChI=1S/C14H30N4O/c1-5-18(6-2)14(19)16(4)8-7-9-17-12-10-15(3)11-13-17/h5-13H2,1-4H3. The van der Waals surface area contributed by atoms with Crippen LogP contribution >= 0.6 is 0 Å². The zero-order valence-corrected chi connectivity index (χ0v) is 13.1. The van der Waals surface area contributed by atoms with Gasteiger partial charge in [0.25, 0.3) is 0 Å². The fourth-order valence-electron chi connectivity index (χ4n) is 2.43. The normalized spacial score (nSPS) is 17.5. The molecule has 0 atom stereocenters. The molecule has 0 spiro atoms. The largest absolute Gasteiger partial charge is 0.328 e. The number of likely N-dealkylation sites (N-methyl/N-ethyl adjacent to an activating group) is 1. The van der Waals surface area contributed by atoms with E-state index in [0.717, 1.165) is 58.8 Å². The number of piperazine rings is 1. The Bertz CT molecular complexity index is 260. The van der Waals surface area contributed by atoms with Gasteiger partial charge in [0, 0.05) is 52.9 Å². The van der Waals surface area contributed by atoms with Crippen LogP contribution in [0, 0.1) is 0 Å². The molecule has 19 heavy (non-hydrogen) atoms. The Labute approximate surface area is 118 Å². The first kappa shape index (κ1) is 16.2. The van der Waals surface area contributed by atoms with Gasteiger partial charge in [-0.1, -0.05) is 0 Å². The summed E-state index contributed by atoms with van der Waals surface area (Å²) < 4.78 is 0. The third kappa shape index (κ3) is 5.37. The van der Waals surface area contributed by atoms with Crippen molar-refractivity contribution >= 4 is 6.03 Å². The second kappa shape index (κ2) is 8.38. The maximum atomic E-state index is 12.1. The van der Waals surface area contributed by atoms with Crippen molar-refractivity contribution in [2.75, 3.05) is 66.5 Å². The van der Waals surface area contributed by atoms with E-state index in [1.165, 1.54) is 0 Å². The number of amides is 2. The highest BCUT2D eigenvalue weighted by molar-refractivity contribution is 5.74. The lowest BCUT2D eigenvalue weighted by Crippen LogP contribution is -2.46. The van der Waals surface area contributed by atoms with Crippen LogP contribution in [0.5, 0.6) is 0 Å². The molecule has 0 saturated carbocycles. The summed E-state index contributed by atoms with van der Waals surface area (Å²) in [6.07, 6.45) is 1.06. The zero-order valence-electron chi connectivity index (χ0n) is 13.1. The van der Waals surface area contributed by atoms with E-state index in [0.29, 0.717) is 0 Å². The van der Waals surface area contributed by atoms with Crippen LogP contribution in [0.3, 0.4) is 0 Å². The molecule has 5 nitrogen and oxygen atoms in total. The minimum Gasteiger partial charge on any atom is -0.328 e. The van der Waals surface area contributed by atoms with Crippen molar-refractivity contribution in [3.05, 3.63) is 0 Å². The Morgan fingerprint density at radius 1 is 1.11 bits per heavy atom. The van der Waals surface area contributed by atoms with Crippen molar-refractivity contribution < 1.29 is 4.79 Å². The van der Waals surface area contributed by atoms with Gasteiger partial charge < -0.3 is 19.6 Å². The molecule has 0 aliphatic carbocycles. The molecule has 1 aliphatic rings. The monoisotopic (exact) mass is 270 g/mol. The quantitative estimate of drug-likeness (QED) is 0.722. The van der Waals surface area contributed by atoms with Crippen LogP contribution in [0.1, 0.15) is 20.3 Å². The van der Waals surface area contributed by atoms with Crippen molar-refractivity contribution in [3.63, 3.8) is 0 Å². The smallest absolute Gasteiger partial charge is 0.319 e. The molecule has 0 radical (unpaired) electrons. The third-order valence-electron chi connectivity index (χ3n) is 3.92. The molecule has 0 unspecified atom stereocenters. The highest BCUT2D eigenvalue weighted by Gasteiger charge is 2.16. The molecule has 0 aromatic rings. The van der Waals surface area contributed by atoms with Gasteiger partial charge in [0.2, 0.25) is 0 Å². The molecular weight excluding hydrogens is 240 g/mol. The van der Waals surface area contributed by atoms with E-state index in [9.17, 15) is 4.79 Å². The Morgan fingerprint density at radius 2 is 1.68 bits per heavy atom. The van der Waals surface area contributed by atoms with Crippen LogP contribution in [0.4, 0.5) is 4.79 Å². The van der Waals surface area contributed by atoms with Crippen molar-refractivity contribution in [1.82, 2.24) is 19.6 Å².